The largest absolute Gasteiger partial charge is 0.378 e. The molecule has 0 unspecified atom stereocenters. The third-order valence-electron chi connectivity index (χ3n) is 3.65. The zero-order chi connectivity index (χ0) is 20.6. The Balaban J connectivity index is 2.31. The smallest absolute Gasteiger partial charge is 0.348 e. The van der Waals surface area contributed by atoms with Gasteiger partial charge in [-0.2, -0.15) is 4.68 Å². The van der Waals surface area contributed by atoms with Crippen LogP contribution < -0.4 is 16.1 Å². The van der Waals surface area contributed by atoms with Gasteiger partial charge in [-0.15, -0.1) is 0 Å². The molecule has 1 aromatic carbocycles. The second-order valence-electron chi connectivity index (χ2n) is 5.78. The Morgan fingerprint density at radius 2 is 2.07 bits per heavy atom. The molecule has 0 bridgehead atoms. The van der Waals surface area contributed by atoms with Crippen LogP contribution in [0.3, 0.4) is 0 Å². The molecule has 2 N–H and O–H groups in total. The summed E-state index contributed by atoms with van der Waals surface area (Å²) in [6.45, 7) is 0.173. The molecule has 0 fully saturated rings. The molecule has 0 spiro atoms. The minimum absolute atomic E-state index is 0.00223. The number of nitro benzene ring substituents is 1. The summed E-state index contributed by atoms with van der Waals surface area (Å²) >= 11 is 0. The van der Waals surface area contributed by atoms with E-state index < -0.39 is 31.9 Å². The van der Waals surface area contributed by atoms with Gasteiger partial charge in [-0.05, 0) is 6.07 Å². The number of benzene rings is 1. The first-order chi connectivity index (χ1) is 13.1. The van der Waals surface area contributed by atoms with Crippen molar-refractivity contribution in [3.05, 3.63) is 61.3 Å². The number of nitrogens with one attached hydrogen (secondary N) is 2. The fraction of sp³-hybridized carbons (Fsp3) is 0.214. The number of sulfonamides is 1. The number of nitrogens with zero attached hydrogens (tertiary/aromatic N) is 4. The topological polar surface area (TPSA) is 171 Å². The summed E-state index contributed by atoms with van der Waals surface area (Å²) in [4.78, 5) is 43.5. The van der Waals surface area contributed by atoms with Crippen LogP contribution in [0.25, 0.3) is 16.6 Å². The molecule has 0 saturated carbocycles. The number of nitro groups is 1. The number of imidazole rings is 1. The molecule has 0 aliphatic heterocycles. The number of aromatic nitrogens is 4. The van der Waals surface area contributed by atoms with Crippen molar-refractivity contribution in [1.82, 2.24) is 19.2 Å². The van der Waals surface area contributed by atoms with E-state index in [1.165, 1.54) is 30.3 Å². The van der Waals surface area contributed by atoms with Crippen molar-refractivity contribution >= 4 is 26.6 Å². The van der Waals surface area contributed by atoms with E-state index in [9.17, 15) is 28.1 Å². The summed E-state index contributed by atoms with van der Waals surface area (Å²) in [7, 11) is -2.46. The SMILES string of the molecule is COCc1cn(-c2cc3c(=O)n(NS(C)(=O)=O)c(=O)[nH]c3cc2[N+](=O)[O-])cn1. The molecular weight excluding hydrogens is 396 g/mol. The van der Waals surface area contributed by atoms with Crippen molar-refractivity contribution < 1.29 is 18.1 Å². The maximum Gasteiger partial charge on any atom is 0.348 e. The van der Waals surface area contributed by atoms with Crippen molar-refractivity contribution in [1.29, 1.82) is 0 Å². The summed E-state index contributed by atoms with van der Waals surface area (Å²) < 4.78 is 29.4. The van der Waals surface area contributed by atoms with E-state index in [0.29, 0.717) is 5.69 Å². The number of fused-ring (bicyclic) bond motifs is 1. The zero-order valence-corrected chi connectivity index (χ0v) is 15.4. The highest BCUT2D eigenvalue weighted by Crippen LogP contribution is 2.26. The first-order valence-corrected chi connectivity index (χ1v) is 9.47. The highest BCUT2D eigenvalue weighted by molar-refractivity contribution is 7.91. The number of ether oxygens (including phenoxy) is 1. The lowest BCUT2D eigenvalue weighted by Gasteiger charge is -2.09. The molecule has 3 rings (SSSR count). The molecular formula is C14H14N6O7S. The Morgan fingerprint density at radius 1 is 1.36 bits per heavy atom. The maximum absolute atomic E-state index is 12.6. The second-order valence-corrected chi connectivity index (χ2v) is 7.51. The number of aromatic amines is 1. The molecule has 0 atom stereocenters. The van der Waals surface area contributed by atoms with E-state index in [1.807, 2.05) is 0 Å². The van der Waals surface area contributed by atoms with Crippen LogP contribution in [0.1, 0.15) is 5.69 Å². The first kappa shape index (κ1) is 19.2. The van der Waals surface area contributed by atoms with Gasteiger partial charge in [0.25, 0.3) is 11.2 Å². The van der Waals surface area contributed by atoms with Gasteiger partial charge in [-0.1, -0.05) is 0 Å². The summed E-state index contributed by atoms with van der Waals surface area (Å²) in [6, 6.07) is 2.19. The average molecular weight is 410 g/mol. The van der Waals surface area contributed by atoms with Gasteiger partial charge in [0.15, 0.2) is 0 Å². The monoisotopic (exact) mass is 410 g/mol. The molecule has 0 aliphatic rings. The van der Waals surface area contributed by atoms with Gasteiger partial charge >= 0.3 is 5.69 Å². The number of hydrogen-bond acceptors (Lipinski definition) is 8. The molecule has 13 nitrogen and oxygen atoms in total. The Hall–Kier alpha value is -3.52. The molecule has 0 amide bonds. The number of H-pyrrole nitrogens is 1. The van der Waals surface area contributed by atoms with E-state index >= 15 is 0 Å². The predicted octanol–water partition coefficient (Wildman–Crippen LogP) is -0.567. The molecule has 14 heteroatoms. The maximum atomic E-state index is 12.6. The standard InChI is InChI=1S/C14H14N6O7S/c1-27-6-8-5-18(7-15-8)11-3-9-10(4-12(11)20(23)24)16-14(22)19(13(9)21)17-28(2,25)26/h3-5,7,17H,6H2,1-2H3,(H,16,22). The average Bonchev–Trinajstić information content (AvgIpc) is 3.05. The summed E-state index contributed by atoms with van der Waals surface area (Å²) in [5, 5.41) is 11.3. The third-order valence-corrected chi connectivity index (χ3v) is 4.17. The van der Waals surface area contributed by atoms with Gasteiger partial charge in [0.2, 0.25) is 10.0 Å². The van der Waals surface area contributed by atoms with Crippen LogP contribution in [-0.2, 0) is 21.4 Å². The van der Waals surface area contributed by atoms with Crippen LogP contribution >= 0.6 is 0 Å². The van der Waals surface area contributed by atoms with Crippen LogP contribution in [0.4, 0.5) is 5.69 Å². The van der Waals surface area contributed by atoms with Gasteiger partial charge < -0.3 is 9.72 Å². The second kappa shape index (κ2) is 6.90. The van der Waals surface area contributed by atoms with Crippen molar-refractivity contribution in [3.8, 4) is 5.69 Å². The Kier molecular flexibility index (Phi) is 4.74. The Labute approximate surface area is 156 Å². The molecule has 0 saturated heterocycles. The van der Waals surface area contributed by atoms with Gasteiger partial charge in [0.05, 0.1) is 40.7 Å². The summed E-state index contributed by atoms with van der Waals surface area (Å²) in [5.74, 6) is 0. The third kappa shape index (κ3) is 3.63. The van der Waals surface area contributed by atoms with Crippen molar-refractivity contribution in [2.45, 2.75) is 6.61 Å². The number of rotatable bonds is 6. The lowest BCUT2D eigenvalue weighted by molar-refractivity contribution is -0.384. The normalized spacial score (nSPS) is 11.6. The molecule has 2 aromatic heterocycles. The highest BCUT2D eigenvalue weighted by Gasteiger charge is 2.21. The van der Waals surface area contributed by atoms with Crippen LogP contribution in [0.5, 0.6) is 0 Å². The van der Waals surface area contributed by atoms with Gasteiger partial charge in [-0.25, -0.2) is 23.0 Å². The Bertz CT molecular complexity index is 1300. The minimum Gasteiger partial charge on any atom is -0.378 e. The van der Waals surface area contributed by atoms with Gasteiger partial charge in [0, 0.05) is 19.4 Å². The van der Waals surface area contributed by atoms with E-state index in [1.54, 1.807) is 4.83 Å². The molecule has 2 heterocycles. The van der Waals surface area contributed by atoms with E-state index in [2.05, 4.69) is 9.97 Å². The number of hydrogen-bond donors (Lipinski definition) is 2. The lowest BCUT2D eigenvalue weighted by atomic mass is 10.2. The quantitative estimate of drug-likeness (QED) is 0.402. The Morgan fingerprint density at radius 3 is 2.68 bits per heavy atom. The fourth-order valence-corrected chi connectivity index (χ4v) is 3.06. The lowest BCUT2D eigenvalue weighted by Crippen LogP contribution is -2.43. The predicted molar refractivity (Wildman–Crippen MR) is 97.5 cm³/mol. The highest BCUT2D eigenvalue weighted by atomic mass is 32.2. The summed E-state index contributed by atoms with van der Waals surface area (Å²) in [6.07, 6.45) is 3.56. The summed E-state index contributed by atoms with van der Waals surface area (Å²) in [5.41, 5.74) is -2.09. The van der Waals surface area contributed by atoms with Crippen molar-refractivity contribution in [2.75, 3.05) is 18.2 Å². The zero-order valence-electron chi connectivity index (χ0n) is 14.6. The minimum atomic E-state index is -3.92. The van der Waals surface area contributed by atoms with Crippen LogP contribution in [0, 0.1) is 10.1 Å². The van der Waals surface area contributed by atoms with Crippen LogP contribution in [-0.4, -0.2) is 45.9 Å². The van der Waals surface area contributed by atoms with E-state index in [-0.39, 0.29) is 27.9 Å². The van der Waals surface area contributed by atoms with E-state index in [4.69, 9.17) is 4.74 Å². The van der Waals surface area contributed by atoms with Crippen molar-refractivity contribution in [2.24, 2.45) is 0 Å². The van der Waals surface area contributed by atoms with Crippen LogP contribution in [0.15, 0.2) is 34.2 Å². The molecule has 148 valence electrons. The fourth-order valence-electron chi connectivity index (χ4n) is 2.56. The molecule has 0 aliphatic carbocycles. The van der Waals surface area contributed by atoms with Gasteiger partial charge in [-0.3, -0.25) is 19.5 Å². The molecule has 0 radical (unpaired) electrons. The molecule has 28 heavy (non-hydrogen) atoms. The molecule has 3 aromatic rings. The first-order valence-electron chi connectivity index (χ1n) is 7.58. The number of methoxy groups -OCH3 is 1. The van der Waals surface area contributed by atoms with Gasteiger partial charge in [0.1, 0.15) is 5.69 Å². The van der Waals surface area contributed by atoms with E-state index in [0.717, 1.165) is 12.3 Å². The van der Waals surface area contributed by atoms with Crippen molar-refractivity contribution in [3.63, 3.8) is 0 Å². The van der Waals surface area contributed by atoms with Crippen LogP contribution in [0.2, 0.25) is 0 Å².